The Labute approximate surface area is 98.1 Å². The minimum Gasteiger partial charge on any atom is -0.308 e. The van der Waals surface area contributed by atoms with Crippen molar-refractivity contribution in [2.24, 2.45) is 0 Å². The molecule has 2 rings (SSSR count). The first kappa shape index (κ1) is 11.7. The largest absolute Gasteiger partial charge is 0.308 e. The van der Waals surface area contributed by atoms with Crippen LogP contribution in [0.2, 0.25) is 0 Å². The van der Waals surface area contributed by atoms with Gasteiger partial charge in [0.25, 0.3) is 0 Å². The molecule has 0 fully saturated rings. The molecule has 1 aromatic carbocycles. The smallest absolute Gasteiger partial charge is 0.164 e. The minimum atomic E-state index is -0.622. The summed E-state index contributed by atoms with van der Waals surface area (Å²) in [5, 5.41) is 7.71. The van der Waals surface area contributed by atoms with Crippen molar-refractivity contribution < 1.29 is 8.78 Å². The predicted molar refractivity (Wildman–Crippen MR) is 60.4 cm³/mol. The standard InChI is InChI=1S/C12H13F2N3/c1-12(2,3)17-7-15-16-11(17)8-4-9(13)6-10(14)5-8/h4-7H,1-3H3. The van der Waals surface area contributed by atoms with Crippen molar-refractivity contribution in [1.82, 2.24) is 14.8 Å². The molecule has 0 radical (unpaired) electrons. The number of rotatable bonds is 1. The average Bonchev–Trinajstić information content (AvgIpc) is 2.63. The highest BCUT2D eigenvalue weighted by Crippen LogP contribution is 2.24. The number of hydrogen-bond donors (Lipinski definition) is 0. The Balaban J connectivity index is 2.57. The lowest BCUT2D eigenvalue weighted by Crippen LogP contribution is -2.21. The normalized spacial score (nSPS) is 11.8. The van der Waals surface area contributed by atoms with Gasteiger partial charge in [0.2, 0.25) is 0 Å². The van der Waals surface area contributed by atoms with Gasteiger partial charge in [-0.1, -0.05) is 0 Å². The number of hydrogen-bond acceptors (Lipinski definition) is 2. The second-order valence-electron chi connectivity index (χ2n) is 4.85. The highest BCUT2D eigenvalue weighted by molar-refractivity contribution is 5.55. The Morgan fingerprint density at radius 3 is 2.18 bits per heavy atom. The molecule has 1 aromatic heterocycles. The van der Waals surface area contributed by atoms with E-state index in [1.165, 1.54) is 12.1 Å². The van der Waals surface area contributed by atoms with Crippen LogP contribution in [0.4, 0.5) is 8.78 Å². The van der Waals surface area contributed by atoms with Gasteiger partial charge in [-0.15, -0.1) is 10.2 Å². The number of halogens is 2. The summed E-state index contributed by atoms with van der Waals surface area (Å²) >= 11 is 0. The van der Waals surface area contributed by atoms with Gasteiger partial charge in [-0.05, 0) is 32.9 Å². The molecule has 0 aliphatic rings. The van der Waals surface area contributed by atoms with E-state index in [0.717, 1.165) is 6.07 Å². The molecule has 0 atom stereocenters. The van der Waals surface area contributed by atoms with Gasteiger partial charge >= 0.3 is 0 Å². The van der Waals surface area contributed by atoms with E-state index in [-0.39, 0.29) is 5.54 Å². The molecule has 0 N–H and O–H groups in total. The fourth-order valence-electron chi connectivity index (χ4n) is 1.61. The van der Waals surface area contributed by atoms with Gasteiger partial charge in [0.15, 0.2) is 5.82 Å². The van der Waals surface area contributed by atoms with Crippen molar-refractivity contribution >= 4 is 0 Å². The maximum absolute atomic E-state index is 13.2. The fraction of sp³-hybridized carbons (Fsp3) is 0.333. The summed E-state index contributed by atoms with van der Waals surface area (Å²) < 4.78 is 28.1. The molecule has 90 valence electrons. The molecule has 2 aromatic rings. The van der Waals surface area contributed by atoms with Gasteiger partial charge in [-0.25, -0.2) is 8.78 Å². The van der Waals surface area contributed by atoms with Crippen LogP contribution < -0.4 is 0 Å². The molecule has 0 amide bonds. The zero-order valence-corrected chi connectivity index (χ0v) is 9.91. The zero-order chi connectivity index (χ0) is 12.6. The quantitative estimate of drug-likeness (QED) is 0.763. The molecule has 17 heavy (non-hydrogen) atoms. The van der Waals surface area contributed by atoms with Gasteiger partial charge in [0.1, 0.15) is 18.0 Å². The van der Waals surface area contributed by atoms with Crippen LogP contribution in [-0.2, 0) is 5.54 Å². The van der Waals surface area contributed by atoms with E-state index in [2.05, 4.69) is 10.2 Å². The molecule has 0 bridgehead atoms. The molecule has 5 heteroatoms. The van der Waals surface area contributed by atoms with E-state index in [1.807, 2.05) is 20.8 Å². The summed E-state index contributed by atoms with van der Waals surface area (Å²) in [4.78, 5) is 0. The molecule has 3 nitrogen and oxygen atoms in total. The first-order valence-electron chi connectivity index (χ1n) is 5.25. The van der Waals surface area contributed by atoms with Crippen LogP contribution in [0.25, 0.3) is 11.4 Å². The Bertz CT molecular complexity index is 521. The molecular weight excluding hydrogens is 224 g/mol. The Morgan fingerprint density at radius 1 is 1.06 bits per heavy atom. The second kappa shape index (κ2) is 3.91. The van der Waals surface area contributed by atoms with Crippen molar-refractivity contribution in [3.8, 4) is 11.4 Å². The Morgan fingerprint density at radius 2 is 1.65 bits per heavy atom. The van der Waals surface area contributed by atoms with Gasteiger partial charge in [-0.2, -0.15) is 0 Å². The van der Waals surface area contributed by atoms with E-state index < -0.39 is 11.6 Å². The van der Waals surface area contributed by atoms with Gasteiger partial charge in [0.05, 0.1) is 0 Å². The van der Waals surface area contributed by atoms with Crippen LogP contribution in [0.3, 0.4) is 0 Å². The summed E-state index contributed by atoms with van der Waals surface area (Å²) in [5.41, 5.74) is 0.136. The topological polar surface area (TPSA) is 30.7 Å². The molecule has 0 saturated carbocycles. The van der Waals surface area contributed by atoms with E-state index in [1.54, 1.807) is 10.9 Å². The van der Waals surface area contributed by atoms with Crippen molar-refractivity contribution in [2.45, 2.75) is 26.3 Å². The minimum absolute atomic E-state index is 0.248. The summed E-state index contributed by atoms with van der Waals surface area (Å²) in [6.07, 6.45) is 1.55. The highest BCUT2D eigenvalue weighted by atomic mass is 19.1. The van der Waals surface area contributed by atoms with Crippen molar-refractivity contribution in [3.63, 3.8) is 0 Å². The fourth-order valence-corrected chi connectivity index (χ4v) is 1.61. The number of nitrogens with zero attached hydrogens (tertiary/aromatic N) is 3. The first-order chi connectivity index (χ1) is 7.88. The molecule has 1 heterocycles. The van der Waals surface area contributed by atoms with Gasteiger partial charge in [0, 0.05) is 17.2 Å². The monoisotopic (exact) mass is 237 g/mol. The first-order valence-corrected chi connectivity index (χ1v) is 5.25. The van der Waals surface area contributed by atoms with Crippen LogP contribution in [0, 0.1) is 11.6 Å². The average molecular weight is 237 g/mol. The third-order valence-corrected chi connectivity index (χ3v) is 2.39. The lowest BCUT2D eigenvalue weighted by Gasteiger charge is -2.22. The molecule has 0 spiro atoms. The van der Waals surface area contributed by atoms with Crippen LogP contribution >= 0.6 is 0 Å². The van der Waals surface area contributed by atoms with Crippen LogP contribution in [0.15, 0.2) is 24.5 Å². The molecule has 0 unspecified atom stereocenters. The lowest BCUT2D eigenvalue weighted by molar-refractivity contribution is 0.399. The van der Waals surface area contributed by atoms with Gasteiger partial charge in [-0.3, -0.25) is 0 Å². The third-order valence-electron chi connectivity index (χ3n) is 2.39. The van der Waals surface area contributed by atoms with E-state index >= 15 is 0 Å². The van der Waals surface area contributed by atoms with Crippen molar-refractivity contribution in [1.29, 1.82) is 0 Å². The SMILES string of the molecule is CC(C)(C)n1cnnc1-c1cc(F)cc(F)c1. The van der Waals surface area contributed by atoms with E-state index in [0.29, 0.717) is 11.4 Å². The molecular formula is C12H13F2N3. The second-order valence-corrected chi connectivity index (χ2v) is 4.85. The van der Waals surface area contributed by atoms with E-state index in [9.17, 15) is 8.78 Å². The summed E-state index contributed by atoms with van der Waals surface area (Å²) in [5.74, 6) is -0.789. The number of aromatic nitrogens is 3. The summed E-state index contributed by atoms with van der Waals surface area (Å²) in [7, 11) is 0. The highest BCUT2D eigenvalue weighted by Gasteiger charge is 2.19. The Hall–Kier alpha value is -1.78. The molecule has 0 saturated heterocycles. The lowest BCUT2D eigenvalue weighted by atomic mass is 10.1. The van der Waals surface area contributed by atoms with E-state index in [4.69, 9.17) is 0 Å². The van der Waals surface area contributed by atoms with Crippen molar-refractivity contribution in [3.05, 3.63) is 36.2 Å². The molecule has 0 aliphatic heterocycles. The number of benzene rings is 1. The summed E-state index contributed by atoms with van der Waals surface area (Å²) in [6.45, 7) is 5.90. The van der Waals surface area contributed by atoms with Crippen LogP contribution in [0.5, 0.6) is 0 Å². The van der Waals surface area contributed by atoms with Crippen LogP contribution in [0.1, 0.15) is 20.8 Å². The third kappa shape index (κ3) is 2.33. The molecule has 0 aliphatic carbocycles. The Kier molecular flexibility index (Phi) is 2.69. The predicted octanol–water partition coefficient (Wildman–Crippen LogP) is 2.98. The van der Waals surface area contributed by atoms with Crippen molar-refractivity contribution in [2.75, 3.05) is 0 Å². The maximum atomic E-state index is 13.2. The zero-order valence-electron chi connectivity index (χ0n) is 9.91. The van der Waals surface area contributed by atoms with Crippen LogP contribution in [-0.4, -0.2) is 14.8 Å². The summed E-state index contributed by atoms with van der Waals surface area (Å²) in [6, 6.07) is 3.33. The van der Waals surface area contributed by atoms with Gasteiger partial charge < -0.3 is 4.57 Å². The maximum Gasteiger partial charge on any atom is 0.164 e.